The first-order chi connectivity index (χ1) is 7.77. The van der Waals surface area contributed by atoms with Crippen LogP contribution in [-0.4, -0.2) is 41.5 Å². The fourth-order valence-corrected chi connectivity index (χ4v) is 1.79. The molecule has 0 aromatic carbocycles. The Morgan fingerprint density at radius 2 is 2.25 bits per heavy atom. The highest BCUT2D eigenvalue weighted by Gasteiger charge is 2.27. The Bertz CT molecular complexity index is 354. The summed E-state index contributed by atoms with van der Waals surface area (Å²) in [6.07, 6.45) is 4.24. The van der Waals surface area contributed by atoms with Gasteiger partial charge in [-0.25, -0.2) is 0 Å². The number of likely N-dealkylation sites (tertiary alicyclic amines) is 1. The molecule has 0 bridgehead atoms. The standard InChI is InChI=1S/C11H16N4O/c12-10-3-7-15(11(10)16)8-6-14-9-1-4-13-5-2-9/h1-2,4-5,10H,3,6-8,12H2,(H,13,14). The number of nitrogens with two attached hydrogens (primary N) is 1. The van der Waals surface area contributed by atoms with E-state index in [0.29, 0.717) is 6.54 Å². The predicted molar refractivity (Wildman–Crippen MR) is 61.9 cm³/mol. The Morgan fingerprint density at radius 3 is 2.88 bits per heavy atom. The highest BCUT2D eigenvalue weighted by molar-refractivity contribution is 5.83. The average Bonchev–Trinajstić information content (AvgIpc) is 2.62. The molecule has 1 saturated heterocycles. The summed E-state index contributed by atoms with van der Waals surface area (Å²) in [4.78, 5) is 17.2. The Morgan fingerprint density at radius 1 is 1.50 bits per heavy atom. The molecule has 1 aliphatic rings. The van der Waals surface area contributed by atoms with E-state index in [4.69, 9.17) is 5.73 Å². The van der Waals surface area contributed by atoms with Crippen LogP contribution in [0.15, 0.2) is 24.5 Å². The summed E-state index contributed by atoms with van der Waals surface area (Å²) in [6, 6.07) is 3.51. The second-order valence-corrected chi connectivity index (χ2v) is 3.88. The van der Waals surface area contributed by atoms with Crippen molar-refractivity contribution in [3.05, 3.63) is 24.5 Å². The molecule has 1 amide bonds. The second kappa shape index (κ2) is 4.94. The van der Waals surface area contributed by atoms with Gasteiger partial charge in [0, 0.05) is 37.7 Å². The van der Waals surface area contributed by atoms with Crippen molar-refractivity contribution in [2.45, 2.75) is 12.5 Å². The number of rotatable bonds is 4. The van der Waals surface area contributed by atoms with Crippen molar-refractivity contribution < 1.29 is 4.79 Å². The fraction of sp³-hybridized carbons (Fsp3) is 0.455. The molecule has 5 heteroatoms. The lowest BCUT2D eigenvalue weighted by Crippen LogP contribution is -2.36. The highest BCUT2D eigenvalue weighted by atomic mass is 16.2. The van der Waals surface area contributed by atoms with Crippen molar-refractivity contribution >= 4 is 11.6 Å². The summed E-state index contributed by atoms with van der Waals surface area (Å²) in [5, 5.41) is 3.23. The van der Waals surface area contributed by atoms with E-state index < -0.39 is 0 Å². The number of carbonyl (C=O) groups excluding carboxylic acids is 1. The van der Waals surface area contributed by atoms with Gasteiger partial charge in [-0.1, -0.05) is 0 Å². The fourth-order valence-electron chi connectivity index (χ4n) is 1.79. The number of nitrogens with zero attached hydrogens (tertiary/aromatic N) is 2. The van der Waals surface area contributed by atoms with Gasteiger partial charge in [-0.2, -0.15) is 0 Å². The summed E-state index contributed by atoms with van der Waals surface area (Å²) < 4.78 is 0. The van der Waals surface area contributed by atoms with E-state index in [1.807, 2.05) is 12.1 Å². The first-order valence-electron chi connectivity index (χ1n) is 5.45. The molecule has 0 radical (unpaired) electrons. The predicted octanol–water partition coefficient (Wildman–Crippen LogP) is 0.0531. The van der Waals surface area contributed by atoms with E-state index in [0.717, 1.165) is 25.2 Å². The van der Waals surface area contributed by atoms with E-state index >= 15 is 0 Å². The monoisotopic (exact) mass is 220 g/mol. The number of pyridine rings is 1. The summed E-state index contributed by atoms with van der Waals surface area (Å²) >= 11 is 0. The normalized spacial score (nSPS) is 20.2. The molecule has 0 aliphatic carbocycles. The molecule has 1 fully saturated rings. The van der Waals surface area contributed by atoms with Crippen LogP contribution in [0.4, 0.5) is 5.69 Å². The molecular weight excluding hydrogens is 204 g/mol. The van der Waals surface area contributed by atoms with E-state index in [1.54, 1.807) is 17.3 Å². The van der Waals surface area contributed by atoms with Gasteiger partial charge in [0.05, 0.1) is 6.04 Å². The van der Waals surface area contributed by atoms with Gasteiger partial charge in [0.1, 0.15) is 0 Å². The largest absolute Gasteiger partial charge is 0.383 e. The van der Waals surface area contributed by atoms with Crippen LogP contribution in [0.3, 0.4) is 0 Å². The second-order valence-electron chi connectivity index (χ2n) is 3.88. The zero-order chi connectivity index (χ0) is 11.4. The van der Waals surface area contributed by atoms with Crippen LogP contribution in [0.1, 0.15) is 6.42 Å². The summed E-state index contributed by atoms with van der Waals surface area (Å²) in [5.41, 5.74) is 6.65. The van der Waals surface area contributed by atoms with Crippen LogP contribution < -0.4 is 11.1 Å². The summed E-state index contributed by atoms with van der Waals surface area (Å²) in [5.74, 6) is 0.0662. The molecule has 1 aliphatic heterocycles. The summed E-state index contributed by atoms with van der Waals surface area (Å²) in [7, 11) is 0. The third kappa shape index (κ3) is 2.49. The molecule has 1 unspecified atom stereocenters. The zero-order valence-electron chi connectivity index (χ0n) is 9.10. The maximum absolute atomic E-state index is 11.5. The number of anilines is 1. The Balaban J connectivity index is 1.75. The lowest BCUT2D eigenvalue weighted by Gasteiger charge is -2.16. The van der Waals surface area contributed by atoms with Crippen LogP contribution in [0.25, 0.3) is 0 Å². The van der Waals surface area contributed by atoms with Gasteiger partial charge in [0.15, 0.2) is 0 Å². The Labute approximate surface area is 94.6 Å². The number of amides is 1. The SMILES string of the molecule is NC1CCN(CCNc2ccncc2)C1=O. The van der Waals surface area contributed by atoms with Crippen molar-refractivity contribution in [1.82, 2.24) is 9.88 Å². The molecule has 1 aromatic heterocycles. The van der Waals surface area contributed by atoms with Gasteiger partial charge < -0.3 is 16.0 Å². The molecule has 0 spiro atoms. The minimum atomic E-state index is -0.291. The molecule has 0 saturated carbocycles. The van der Waals surface area contributed by atoms with Crippen molar-refractivity contribution in [1.29, 1.82) is 0 Å². The van der Waals surface area contributed by atoms with Gasteiger partial charge in [-0.05, 0) is 18.6 Å². The first-order valence-corrected chi connectivity index (χ1v) is 5.45. The number of aromatic nitrogens is 1. The lowest BCUT2D eigenvalue weighted by atomic mass is 10.3. The molecule has 3 N–H and O–H groups in total. The number of carbonyl (C=O) groups is 1. The first kappa shape index (κ1) is 10.9. The van der Waals surface area contributed by atoms with Gasteiger partial charge >= 0.3 is 0 Å². The van der Waals surface area contributed by atoms with Gasteiger partial charge in [0.2, 0.25) is 5.91 Å². The molecule has 86 valence electrons. The molecule has 1 aromatic rings. The van der Waals surface area contributed by atoms with Crippen LogP contribution in [0, 0.1) is 0 Å². The maximum atomic E-state index is 11.5. The number of nitrogens with one attached hydrogen (secondary N) is 1. The minimum absolute atomic E-state index is 0.0662. The summed E-state index contributed by atoms with van der Waals surface area (Å²) in [6.45, 7) is 2.22. The van der Waals surface area contributed by atoms with Crippen LogP contribution in [-0.2, 0) is 4.79 Å². The molecule has 2 heterocycles. The van der Waals surface area contributed by atoms with Crippen LogP contribution in [0.5, 0.6) is 0 Å². The van der Waals surface area contributed by atoms with E-state index in [9.17, 15) is 4.79 Å². The lowest BCUT2D eigenvalue weighted by molar-refractivity contribution is -0.128. The molecule has 1 atom stereocenters. The topological polar surface area (TPSA) is 71.2 Å². The molecule has 2 rings (SSSR count). The number of hydrogen-bond acceptors (Lipinski definition) is 4. The highest BCUT2D eigenvalue weighted by Crippen LogP contribution is 2.08. The maximum Gasteiger partial charge on any atom is 0.239 e. The van der Waals surface area contributed by atoms with Crippen molar-refractivity contribution in [2.75, 3.05) is 25.0 Å². The van der Waals surface area contributed by atoms with Gasteiger partial charge in [0.25, 0.3) is 0 Å². The van der Waals surface area contributed by atoms with Gasteiger partial charge in [-0.3, -0.25) is 9.78 Å². The van der Waals surface area contributed by atoms with Crippen LogP contribution >= 0.6 is 0 Å². The van der Waals surface area contributed by atoms with Crippen molar-refractivity contribution in [2.24, 2.45) is 5.73 Å². The molecule has 16 heavy (non-hydrogen) atoms. The zero-order valence-corrected chi connectivity index (χ0v) is 9.10. The smallest absolute Gasteiger partial charge is 0.239 e. The third-order valence-corrected chi connectivity index (χ3v) is 2.73. The average molecular weight is 220 g/mol. The third-order valence-electron chi connectivity index (χ3n) is 2.73. The van der Waals surface area contributed by atoms with Gasteiger partial charge in [-0.15, -0.1) is 0 Å². The molecule has 5 nitrogen and oxygen atoms in total. The van der Waals surface area contributed by atoms with Crippen LogP contribution in [0.2, 0.25) is 0 Å². The number of hydrogen-bond donors (Lipinski definition) is 2. The quantitative estimate of drug-likeness (QED) is 0.752. The molecular formula is C11H16N4O. The Kier molecular flexibility index (Phi) is 3.36. The van der Waals surface area contributed by atoms with E-state index in [1.165, 1.54) is 0 Å². The van der Waals surface area contributed by atoms with E-state index in [2.05, 4.69) is 10.3 Å². The van der Waals surface area contributed by atoms with Crippen molar-refractivity contribution in [3.8, 4) is 0 Å². The van der Waals surface area contributed by atoms with Crippen molar-refractivity contribution in [3.63, 3.8) is 0 Å². The Hall–Kier alpha value is -1.62. The minimum Gasteiger partial charge on any atom is -0.383 e. The van der Waals surface area contributed by atoms with E-state index in [-0.39, 0.29) is 11.9 Å².